The van der Waals surface area contributed by atoms with Crippen LogP contribution in [0.1, 0.15) is 25.3 Å². The Kier molecular flexibility index (Phi) is 6.39. The molecule has 1 aliphatic rings. The van der Waals surface area contributed by atoms with Gasteiger partial charge in [-0.25, -0.2) is 9.97 Å². The molecule has 35 heavy (non-hydrogen) atoms. The number of benzene rings is 1. The van der Waals surface area contributed by atoms with Crippen molar-refractivity contribution in [3.63, 3.8) is 0 Å². The minimum atomic E-state index is -0.187. The fourth-order valence-corrected chi connectivity index (χ4v) is 4.90. The molecular weight excluding hydrogens is 444 g/mol. The number of nitrogens with one attached hydrogen (secondary N) is 2. The molecule has 4 aromatic rings. The predicted molar refractivity (Wildman–Crippen MR) is 136 cm³/mol. The number of nitrogens with zero attached hydrogens (tertiary/aromatic N) is 4. The third-order valence-corrected chi connectivity index (χ3v) is 6.76. The zero-order valence-electron chi connectivity index (χ0n) is 20.1. The van der Waals surface area contributed by atoms with Gasteiger partial charge in [0.2, 0.25) is 5.91 Å². The number of hydrogen-bond donors (Lipinski definition) is 2. The molecule has 0 spiro atoms. The third-order valence-electron chi connectivity index (χ3n) is 6.76. The Bertz CT molecular complexity index is 1430. The van der Waals surface area contributed by atoms with Gasteiger partial charge >= 0.3 is 0 Å². The minimum absolute atomic E-state index is 0.0189. The fraction of sp³-hybridized carbons (Fsp3) is 0.385. The molecule has 1 aliphatic heterocycles. The van der Waals surface area contributed by atoms with Gasteiger partial charge in [-0.1, -0.05) is 0 Å². The minimum Gasteiger partial charge on any atom is -0.497 e. The van der Waals surface area contributed by atoms with E-state index in [-0.39, 0.29) is 17.4 Å². The summed E-state index contributed by atoms with van der Waals surface area (Å²) in [5.41, 5.74) is 3.30. The molecule has 0 bridgehead atoms. The molecule has 0 unspecified atom stereocenters. The van der Waals surface area contributed by atoms with Gasteiger partial charge in [0, 0.05) is 49.5 Å². The molecule has 2 N–H and O–H groups in total. The van der Waals surface area contributed by atoms with Crippen molar-refractivity contribution in [1.82, 2.24) is 24.8 Å². The van der Waals surface area contributed by atoms with Gasteiger partial charge in [-0.2, -0.15) is 0 Å². The SMILES string of the molecule is CCn1c(=O)c(N2CCC[C@@H](C(=O)NCCc3c[nH]c4ccc(OC)cc34)C2)nc2cccnc21. The first kappa shape index (κ1) is 22.9. The monoisotopic (exact) mass is 474 g/mol. The summed E-state index contributed by atoms with van der Waals surface area (Å²) < 4.78 is 6.99. The van der Waals surface area contributed by atoms with E-state index in [0.29, 0.717) is 43.2 Å². The average molecular weight is 475 g/mol. The Morgan fingerprint density at radius 1 is 1.31 bits per heavy atom. The zero-order chi connectivity index (χ0) is 24.4. The number of aromatic amines is 1. The van der Waals surface area contributed by atoms with Crippen molar-refractivity contribution < 1.29 is 9.53 Å². The molecule has 1 aromatic carbocycles. The summed E-state index contributed by atoms with van der Waals surface area (Å²) in [5, 5.41) is 4.20. The number of carbonyl (C=O) groups excluding carboxylic acids is 1. The Hall–Kier alpha value is -3.88. The smallest absolute Gasteiger partial charge is 0.295 e. The molecule has 3 aromatic heterocycles. The number of methoxy groups -OCH3 is 1. The molecule has 1 fully saturated rings. The molecule has 1 saturated heterocycles. The summed E-state index contributed by atoms with van der Waals surface area (Å²) in [6.07, 6.45) is 6.00. The maximum atomic E-state index is 13.2. The van der Waals surface area contributed by atoms with E-state index in [1.807, 2.05) is 48.4 Å². The van der Waals surface area contributed by atoms with Crippen molar-refractivity contribution in [2.24, 2.45) is 5.92 Å². The summed E-state index contributed by atoms with van der Waals surface area (Å²) in [6.45, 7) is 4.17. The third kappa shape index (κ3) is 4.45. The Labute approximate surface area is 203 Å². The normalized spacial score (nSPS) is 16.1. The van der Waals surface area contributed by atoms with E-state index in [2.05, 4.69) is 20.3 Å². The van der Waals surface area contributed by atoms with Crippen LogP contribution in [-0.2, 0) is 17.8 Å². The van der Waals surface area contributed by atoms with Gasteiger partial charge in [-0.15, -0.1) is 0 Å². The number of ether oxygens (including phenoxy) is 1. The van der Waals surface area contributed by atoms with E-state index < -0.39 is 0 Å². The molecule has 9 heteroatoms. The topological polar surface area (TPSA) is 105 Å². The quantitative estimate of drug-likeness (QED) is 0.427. The number of pyridine rings is 1. The van der Waals surface area contributed by atoms with Crippen LogP contribution in [0.15, 0.2) is 47.5 Å². The Morgan fingerprint density at radius 2 is 2.20 bits per heavy atom. The number of carbonyl (C=O) groups is 1. The van der Waals surface area contributed by atoms with Crippen molar-refractivity contribution in [2.75, 3.05) is 31.6 Å². The molecule has 0 radical (unpaired) electrons. The lowest BCUT2D eigenvalue weighted by Crippen LogP contribution is -2.46. The summed E-state index contributed by atoms with van der Waals surface area (Å²) >= 11 is 0. The van der Waals surface area contributed by atoms with Crippen LogP contribution in [0.3, 0.4) is 0 Å². The molecule has 1 atom stereocenters. The highest BCUT2D eigenvalue weighted by atomic mass is 16.5. The van der Waals surface area contributed by atoms with Crippen molar-refractivity contribution in [3.8, 4) is 5.75 Å². The lowest BCUT2D eigenvalue weighted by molar-refractivity contribution is -0.125. The molecule has 0 saturated carbocycles. The number of aryl methyl sites for hydroxylation is 1. The van der Waals surface area contributed by atoms with Crippen LogP contribution in [0.4, 0.5) is 5.82 Å². The number of aromatic nitrogens is 4. The van der Waals surface area contributed by atoms with Crippen LogP contribution in [0.2, 0.25) is 0 Å². The van der Waals surface area contributed by atoms with E-state index >= 15 is 0 Å². The molecule has 9 nitrogen and oxygen atoms in total. The lowest BCUT2D eigenvalue weighted by Gasteiger charge is -2.32. The number of H-pyrrole nitrogens is 1. The summed E-state index contributed by atoms with van der Waals surface area (Å²) in [4.78, 5) is 40.4. The van der Waals surface area contributed by atoms with Crippen LogP contribution in [0.5, 0.6) is 5.75 Å². The summed E-state index contributed by atoms with van der Waals surface area (Å²) in [7, 11) is 1.66. The van der Waals surface area contributed by atoms with Crippen LogP contribution in [0, 0.1) is 5.92 Å². The van der Waals surface area contributed by atoms with Crippen molar-refractivity contribution in [2.45, 2.75) is 32.7 Å². The highest BCUT2D eigenvalue weighted by Crippen LogP contribution is 2.24. The Balaban J connectivity index is 1.26. The average Bonchev–Trinajstić information content (AvgIpc) is 3.30. The van der Waals surface area contributed by atoms with Crippen LogP contribution < -0.4 is 20.5 Å². The zero-order valence-corrected chi connectivity index (χ0v) is 20.1. The molecular formula is C26H30N6O3. The van der Waals surface area contributed by atoms with E-state index in [1.165, 1.54) is 0 Å². The number of hydrogen-bond acceptors (Lipinski definition) is 6. The molecule has 4 heterocycles. The van der Waals surface area contributed by atoms with Gasteiger partial charge in [-0.3, -0.25) is 14.2 Å². The van der Waals surface area contributed by atoms with Gasteiger partial charge in [0.05, 0.1) is 13.0 Å². The van der Waals surface area contributed by atoms with E-state index in [4.69, 9.17) is 4.74 Å². The fourth-order valence-electron chi connectivity index (χ4n) is 4.90. The Morgan fingerprint density at radius 3 is 3.03 bits per heavy atom. The maximum Gasteiger partial charge on any atom is 0.295 e. The lowest BCUT2D eigenvalue weighted by atomic mass is 9.97. The van der Waals surface area contributed by atoms with Crippen LogP contribution in [-0.4, -0.2) is 52.2 Å². The summed E-state index contributed by atoms with van der Waals surface area (Å²) in [5.74, 6) is 1.04. The second-order valence-corrected chi connectivity index (χ2v) is 8.88. The van der Waals surface area contributed by atoms with Crippen LogP contribution >= 0.6 is 0 Å². The van der Waals surface area contributed by atoms with Gasteiger partial charge < -0.3 is 19.9 Å². The summed E-state index contributed by atoms with van der Waals surface area (Å²) in [6, 6.07) is 9.62. The number of amides is 1. The highest BCUT2D eigenvalue weighted by Gasteiger charge is 2.28. The highest BCUT2D eigenvalue weighted by molar-refractivity contribution is 5.85. The first-order valence-electron chi connectivity index (χ1n) is 12.1. The predicted octanol–water partition coefficient (Wildman–Crippen LogP) is 2.88. The standard InChI is InChI=1S/C26H30N6O3/c1-3-32-23-22(7-4-11-27-23)30-24(26(32)34)31-13-5-6-18(16-31)25(33)28-12-10-17-15-29-21-9-8-19(35-2)14-20(17)21/h4,7-9,11,14-15,18,29H,3,5-6,10,12-13,16H2,1-2H3,(H,28,33)/t18-/m1/s1. The van der Waals surface area contributed by atoms with Gasteiger partial charge in [0.15, 0.2) is 11.5 Å². The van der Waals surface area contributed by atoms with Crippen molar-refractivity contribution >= 4 is 33.8 Å². The number of piperidine rings is 1. The van der Waals surface area contributed by atoms with Gasteiger partial charge in [0.1, 0.15) is 11.3 Å². The second kappa shape index (κ2) is 9.77. The number of fused-ring (bicyclic) bond motifs is 2. The van der Waals surface area contributed by atoms with Crippen LogP contribution in [0.25, 0.3) is 22.1 Å². The van der Waals surface area contributed by atoms with E-state index in [1.54, 1.807) is 17.9 Å². The number of anilines is 1. The van der Waals surface area contributed by atoms with Gasteiger partial charge in [0.25, 0.3) is 5.56 Å². The van der Waals surface area contributed by atoms with Gasteiger partial charge in [-0.05, 0) is 62.1 Å². The molecule has 1 amide bonds. The first-order valence-corrected chi connectivity index (χ1v) is 12.1. The number of rotatable bonds is 7. The molecule has 5 rings (SSSR count). The molecule has 182 valence electrons. The second-order valence-electron chi connectivity index (χ2n) is 8.88. The van der Waals surface area contributed by atoms with Crippen molar-refractivity contribution in [1.29, 1.82) is 0 Å². The maximum absolute atomic E-state index is 13.2. The van der Waals surface area contributed by atoms with E-state index in [0.717, 1.165) is 41.5 Å². The molecule has 0 aliphatic carbocycles. The van der Waals surface area contributed by atoms with Crippen molar-refractivity contribution in [3.05, 3.63) is 58.6 Å². The van der Waals surface area contributed by atoms with E-state index in [9.17, 15) is 9.59 Å². The first-order chi connectivity index (χ1) is 17.1. The largest absolute Gasteiger partial charge is 0.497 e.